The lowest BCUT2D eigenvalue weighted by molar-refractivity contribution is 0.330. The Balaban J connectivity index is 1.83. The molecule has 1 atom stereocenters. The maximum absolute atomic E-state index is 12.7. The Labute approximate surface area is 143 Å². The minimum atomic E-state index is -0.693. The summed E-state index contributed by atoms with van der Waals surface area (Å²) in [6, 6.07) is 7.71. The Morgan fingerprint density at radius 1 is 1.12 bits per heavy atom. The molecule has 0 fully saturated rings. The number of hydrogen-bond donors (Lipinski definition) is 0. The molecule has 1 unspecified atom stereocenters. The van der Waals surface area contributed by atoms with Gasteiger partial charge in [-0.05, 0) is 56.0 Å². The van der Waals surface area contributed by atoms with Crippen molar-refractivity contribution in [1.29, 1.82) is 0 Å². The van der Waals surface area contributed by atoms with E-state index < -0.39 is 6.17 Å². The predicted octanol–water partition coefficient (Wildman–Crippen LogP) is 5.17. The number of benzene rings is 1. The summed E-state index contributed by atoms with van der Waals surface area (Å²) in [5.41, 5.74) is 2.09. The van der Waals surface area contributed by atoms with Crippen LogP contribution in [0.5, 0.6) is 5.75 Å². The van der Waals surface area contributed by atoms with E-state index in [9.17, 15) is 4.39 Å². The monoisotopic (exact) mass is 328 g/mol. The van der Waals surface area contributed by atoms with E-state index in [1.807, 2.05) is 36.7 Å². The van der Waals surface area contributed by atoms with Gasteiger partial charge < -0.3 is 4.74 Å². The van der Waals surface area contributed by atoms with Crippen LogP contribution < -0.4 is 4.74 Å². The molecule has 0 saturated carbocycles. The Morgan fingerprint density at radius 3 is 2.46 bits per heavy atom. The van der Waals surface area contributed by atoms with E-state index in [2.05, 4.69) is 16.5 Å². The Hall–Kier alpha value is -2.23. The molecule has 0 aliphatic carbocycles. The third kappa shape index (κ3) is 6.11. The molecule has 3 nitrogen and oxygen atoms in total. The zero-order chi connectivity index (χ0) is 17.2. The van der Waals surface area contributed by atoms with Gasteiger partial charge in [0.1, 0.15) is 12.4 Å². The smallest absolute Gasteiger partial charge is 0.159 e. The van der Waals surface area contributed by atoms with Gasteiger partial charge in [0, 0.05) is 18.0 Å². The molecule has 1 aromatic carbocycles. The maximum Gasteiger partial charge on any atom is 0.159 e. The molecule has 2 rings (SSSR count). The summed E-state index contributed by atoms with van der Waals surface area (Å²) in [6.45, 7) is 5.74. The SMILES string of the molecule is C=CCOc1ccc(-c2ncc(CCCCCC(C)F)cn2)cc1. The van der Waals surface area contributed by atoms with Crippen LogP contribution in [-0.2, 0) is 6.42 Å². The summed E-state index contributed by atoms with van der Waals surface area (Å²) in [4.78, 5) is 8.88. The number of hydrogen-bond acceptors (Lipinski definition) is 3. The molecule has 1 heterocycles. The molecule has 0 saturated heterocycles. The zero-order valence-corrected chi connectivity index (χ0v) is 14.2. The number of unbranched alkanes of at least 4 members (excludes halogenated alkanes) is 2. The molecule has 24 heavy (non-hydrogen) atoms. The van der Waals surface area contributed by atoms with Gasteiger partial charge in [-0.25, -0.2) is 14.4 Å². The summed E-state index contributed by atoms with van der Waals surface area (Å²) < 4.78 is 18.2. The topological polar surface area (TPSA) is 35.0 Å². The molecule has 4 heteroatoms. The van der Waals surface area contributed by atoms with E-state index in [-0.39, 0.29) is 0 Å². The van der Waals surface area contributed by atoms with E-state index in [1.165, 1.54) is 0 Å². The number of rotatable bonds is 10. The van der Waals surface area contributed by atoms with Gasteiger partial charge in [-0.1, -0.05) is 25.5 Å². The minimum Gasteiger partial charge on any atom is -0.490 e. The first-order valence-corrected chi connectivity index (χ1v) is 8.48. The summed E-state index contributed by atoms with van der Waals surface area (Å²) in [5.74, 6) is 1.51. The lowest BCUT2D eigenvalue weighted by Gasteiger charge is -2.06. The molecular weight excluding hydrogens is 303 g/mol. The highest BCUT2D eigenvalue weighted by Gasteiger charge is 2.03. The van der Waals surface area contributed by atoms with Crippen LogP contribution in [0.25, 0.3) is 11.4 Å². The molecule has 0 amide bonds. The Morgan fingerprint density at radius 2 is 1.83 bits per heavy atom. The van der Waals surface area contributed by atoms with Crippen molar-refractivity contribution >= 4 is 0 Å². The van der Waals surface area contributed by atoms with Crippen molar-refractivity contribution in [2.24, 2.45) is 0 Å². The average molecular weight is 328 g/mol. The number of halogens is 1. The van der Waals surface area contributed by atoms with E-state index in [1.54, 1.807) is 13.0 Å². The van der Waals surface area contributed by atoms with Crippen LogP contribution in [0.1, 0.15) is 38.2 Å². The van der Waals surface area contributed by atoms with E-state index in [0.29, 0.717) is 18.9 Å². The number of alkyl halides is 1. The van der Waals surface area contributed by atoms with Crippen molar-refractivity contribution in [3.63, 3.8) is 0 Å². The van der Waals surface area contributed by atoms with Crippen molar-refractivity contribution in [2.45, 2.75) is 45.2 Å². The van der Waals surface area contributed by atoms with Crippen molar-refractivity contribution in [3.05, 3.63) is 54.9 Å². The van der Waals surface area contributed by atoms with Gasteiger partial charge in [0.05, 0.1) is 6.17 Å². The highest BCUT2D eigenvalue weighted by Crippen LogP contribution is 2.19. The Kier molecular flexibility index (Phi) is 7.40. The van der Waals surface area contributed by atoms with Crippen LogP contribution in [0.4, 0.5) is 4.39 Å². The maximum atomic E-state index is 12.7. The molecular formula is C20H25FN2O. The summed E-state index contributed by atoms with van der Waals surface area (Å²) in [5, 5.41) is 0. The number of aromatic nitrogens is 2. The first kappa shape index (κ1) is 18.1. The molecule has 0 aliphatic heterocycles. The first-order valence-electron chi connectivity index (χ1n) is 8.48. The third-order valence-corrected chi connectivity index (χ3v) is 3.75. The van der Waals surface area contributed by atoms with Gasteiger partial charge in [0.15, 0.2) is 5.82 Å². The van der Waals surface area contributed by atoms with E-state index >= 15 is 0 Å². The lowest BCUT2D eigenvalue weighted by atomic mass is 10.1. The van der Waals surface area contributed by atoms with Gasteiger partial charge >= 0.3 is 0 Å². The molecule has 0 N–H and O–H groups in total. The summed E-state index contributed by atoms with van der Waals surface area (Å²) >= 11 is 0. The van der Waals surface area contributed by atoms with Crippen LogP contribution >= 0.6 is 0 Å². The number of nitrogens with zero attached hydrogens (tertiary/aromatic N) is 2. The van der Waals surface area contributed by atoms with Gasteiger partial charge in [0.2, 0.25) is 0 Å². The zero-order valence-electron chi connectivity index (χ0n) is 14.2. The van der Waals surface area contributed by atoms with E-state index in [4.69, 9.17) is 4.74 Å². The number of ether oxygens (including phenoxy) is 1. The minimum absolute atomic E-state index is 0.495. The first-order chi connectivity index (χ1) is 11.7. The molecule has 0 bridgehead atoms. The van der Waals surface area contributed by atoms with Crippen LogP contribution in [0.15, 0.2) is 49.3 Å². The van der Waals surface area contributed by atoms with Gasteiger partial charge in [-0.2, -0.15) is 0 Å². The van der Waals surface area contributed by atoms with Crippen LogP contribution in [0.2, 0.25) is 0 Å². The van der Waals surface area contributed by atoms with Crippen molar-refractivity contribution in [3.8, 4) is 17.1 Å². The molecule has 0 radical (unpaired) electrons. The van der Waals surface area contributed by atoms with Crippen LogP contribution in [0.3, 0.4) is 0 Å². The third-order valence-electron chi connectivity index (χ3n) is 3.75. The standard InChI is InChI=1S/C20H25FN2O/c1-3-13-24-19-11-9-18(10-12-19)20-22-14-17(15-23-20)8-6-4-5-7-16(2)21/h3,9-12,14-16H,1,4-8,13H2,2H3. The lowest BCUT2D eigenvalue weighted by Crippen LogP contribution is -1.95. The highest BCUT2D eigenvalue weighted by molar-refractivity contribution is 5.55. The van der Waals surface area contributed by atoms with Crippen molar-refractivity contribution in [1.82, 2.24) is 9.97 Å². The fourth-order valence-corrected chi connectivity index (χ4v) is 2.42. The second-order valence-corrected chi connectivity index (χ2v) is 5.92. The Bertz CT molecular complexity index is 609. The predicted molar refractivity (Wildman–Crippen MR) is 95.9 cm³/mol. The van der Waals surface area contributed by atoms with Crippen LogP contribution in [0, 0.1) is 0 Å². The van der Waals surface area contributed by atoms with Crippen molar-refractivity contribution < 1.29 is 9.13 Å². The summed E-state index contributed by atoms with van der Waals surface area (Å²) in [7, 11) is 0. The van der Waals surface area contributed by atoms with Crippen LogP contribution in [-0.4, -0.2) is 22.7 Å². The van der Waals surface area contributed by atoms with Gasteiger partial charge in [0.25, 0.3) is 0 Å². The van der Waals surface area contributed by atoms with Crippen molar-refractivity contribution in [2.75, 3.05) is 6.61 Å². The molecule has 0 spiro atoms. The quantitative estimate of drug-likeness (QED) is 0.446. The largest absolute Gasteiger partial charge is 0.490 e. The fourth-order valence-electron chi connectivity index (χ4n) is 2.42. The fraction of sp³-hybridized carbons (Fsp3) is 0.400. The second-order valence-electron chi connectivity index (χ2n) is 5.92. The molecule has 2 aromatic rings. The molecule has 128 valence electrons. The van der Waals surface area contributed by atoms with Gasteiger partial charge in [-0.15, -0.1) is 0 Å². The second kappa shape index (κ2) is 9.81. The van der Waals surface area contributed by atoms with Gasteiger partial charge in [-0.3, -0.25) is 0 Å². The molecule has 0 aliphatic rings. The molecule has 1 aromatic heterocycles. The average Bonchev–Trinajstić information content (AvgIpc) is 2.60. The summed E-state index contributed by atoms with van der Waals surface area (Å²) in [6.07, 6.45) is 9.40. The van der Waals surface area contributed by atoms with E-state index in [0.717, 1.165) is 42.6 Å². The number of aryl methyl sites for hydroxylation is 1. The highest BCUT2D eigenvalue weighted by atomic mass is 19.1. The normalized spacial score (nSPS) is 11.9.